The van der Waals surface area contributed by atoms with Gasteiger partial charge in [-0.05, 0) is 42.5 Å². The van der Waals surface area contributed by atoms with Crippen molar-refractivity contribution in [1.29, 1.82) is 0 Å². The molecule has 1 amide bonds. The number of halogens is 3. The highest BCUT2D eigenvalue weighted by molar-refractivity contribution is 5.99. The topological polar surface area (TPSA) is 122 Å². The van der Waals surface area contributed by atoms with E-state index in [0.717, 1.165) is 23.1 Å². The van der Waals surface area contributed by atoms with Gasteiger partial charge >= 0.3 is 12.3 Å². The summed E-state index contributed by atoms with van der Waals surface area (Å²) in [7, 11) is 0. The number of carboxylic acid groups (broad SMARTS) is 1. The van der Waals surface area contributed by atoms with Crippen LogP contribution in [0.1, 0.15) is 45.0 Å². The monoisotopic (exact) mass is 448 g/mol. The number of amides is 1. The summed E-state index contributed by atoms with van der Waals surface area (Å²) in [5.74, 6) is -1.82. The third-order valence-corrected chi connectivity index (χ3v) is 5.52. The summed E-state index contributed by atoms with van der Waals surface area (Å²) >= 11 is 0. The molecule has 1 saturated heterocycles. The number of carboxylic acids is 1. The molecule has 4 N–H and O–H groups in total. The molecule has 1 aliphatic heterocycles. The Bertz CT molecular complexity index is 1180. The molecule has 1 aromatic carbocycles. The molecule has 4 rings (SSSR count). The molecule has 1 aliphatic rings. The maximum Gasteiger partial charge on any atom is 0.573 e. The number of piperidine rings is 1. The van der Waals surface area contributed by atoms with Crippen LogP contribution in [0.15, 0.2) is 36.7 Å². The van der Waals surface area contributed by atoms with Gasteiger partial charge in [0.05, 0.1) is 11.1 Å². The van der Waals surface area contributed by atoms with Gasteiger partial charge in [0, 0.05) is 42.6 Å². The van der Waals surface area contributed by atoms with Crippen LogP contribution in [0.4, 0.5) is 18.9 Å². The Morgan fingerprint density at radius 1 is 1.22 bits per heavy atom. The Balaban J connectivity index is 1.46. The summed E-state index contributed by atoms with van der Waals surface area (Å²) in [5.41, 5.74) is 7.45. The second-order valence-electron chi connectivity index (χ2n) is 7.53. The molecule has 0 aliphatic carbocycles. The van der Waals surface area contributed by atoms with Crippen LogP contribution in [0.3, 0.4) is 0 Å². The van der Waals surface area contributed by atoms with Gasteiger partial charge in [0.1, 0.15) is 11.4 Å². The zero-order valence-electron chi connectivity index (χ0n) is 16.6. The average molecular weight is 448 g/mol. The first-order valence-corrected chi connectivity index (χ1v) is 9.77. The maximum absolute atomic E-state index is 12.8. The number of alkyl halides is 3. The summed E-state index contributed by atoms with van der Waals surface area (Å²) in [6, 6.07) is 4.85. The third-order valence-electron chi connectivity index (χ3n) is 5.52. The lowest BCUT2D eigenvalue weighted by Gasteiger charge is -2.32. The lowest BCUT2D eigenvalue weighted by atomic mass is 9.89. The van der Waals surface area contributed by atoms with E-state index in [4.69, 9.17) is 5.73 Å². The van der Waals surface area contributed by atoms with E-state index in [1.54, 1.807) is 11.0 Å². The van der Waals surface area contributed by atoms with Crippen molar-refractivity contribution in [1.82, 2.24) is 14.9 Å². The van der Waals surface area contributed by atoms with Crippen LogP contribution < -0.4 is 10.5 Å². The number of carbonyl (C=O) groups excluding carboxylic acids is 1. The van der Waals surface area contributed by atoms with Gasteiger partial charge in [-0.1, -0.05) is 0 Å². The highest BCUT2D eigenvalue weighted by atomic mass is 19.4. The van der Waals surface area contributed by atoms with Crippen LogP contribution in [0, 0.1) is 0 Å². The standard InChI is InChI=1S/C21H19F3N4O4/c22-21(23,24)32-13-1-2-14(17(25)8-13)19(29)28-5-3-11(4-6-28)16-10-27-18-15(16)7-12(9-26-18)20(30)31/h1-2,7-11H,3-6,25H2,(H,26,27)(H,30,31). The lowest BCUT2D eigenvalue weighted by molar-refractivity contribution is -0.274. The number of benzene rings is 1. The number of anilines is 1. The average Bonchev–Trinajstić information content (AvgIpc) is 3.15. The van der Waals surface area contributed by atoms with E-state index in [-0.39, 0.29) is 28.6 Å². The number of hydrogen-bond donors (Lipinski definition) is 3. The van der Waals surface area contributed by atoms with Gasteiger partial charge in [-0.2, -0.15) is 0 Å². The normalized spacial score (nSPS) is 15.2. The van der Waals surface area contributed by atoms with E-state index < -0.39 is 18.1 Å². The van der Waals surface area contributed by atoms with E-state index >= 15 is 0 Å². The molecule has 3 aromatic rings. The van der Waals surface area contributed by atoms with Crippen molar-refractivity contribution in [2.75, 3.05) is 18.8 Å². The lowest BCUT2D eigenvalue weighted by Crippen LogP contribution is -2.38. The van der Waals surface area contributed by atoms with Crippen molar-refractivity contribution in [3.63, 3.8) is 0 Å². The van der Waals surface area contributed by atoms with Crippen molar-refractivity contribution in [3.05, 3.63) is 53.3 Å². The van der Waals surface area contributed by atoms with Crippen molar-refractivity contribution in [2.24, 2.45) is 0 Å². The highest BCUT2D eigenvalue weighted by Crippen LogP contribution is 2.34. The number of carbonyl (C=O) groups is 2. The molecule has 3 heterocycles. The summed E-state index contributed by atoms with van der Waals surface area (Å²) in [6.07, 6.45) is -0.482. The number of aromatic nitrogens is 2. The third kappa shape index (κ3) is 4.32. The van der Waals surface area contributed by atoms with Gasteiger partial charge in [-0.3, -0.25) is 4.79 Å². The first-order valence-electron chi connectivity index (χ1n) is 9.77. The second-order valence-corrected chi connectivity index (χ2v) is 7.53. The molecule has 0 saturated carbocycles. The number of fused-ring (bicyclic) bond motifs is 1. The molecular weight excluding hydrogens is 429 g/mol. The van der Waals surface area contributed by atoms with Crippen LogP contribution in [-0.2, 0) is 0 Å². The molecular formula is C21H19F3N4O4. The SMILES string of the molecule is Nc1cc(OC(F)(F)F)ccc1C(=O)N1CCC(c2c[nH]c3ncc(C(=O)O)cc23)CC1. The molecule has 2 aromatic heterocycles. The minimum Gasteiger partial charge on any atom is -0.478 e. The Morgan fingerprint density at radius 3 is 2.56 bits per heavy atom. The number of likely N-dealkylation sites (tertiary alicyclic amines) is 1. The van der Waals surface area contributed by atoms with Crippen LogP contribution >= 0.6 is 0 Å². The Kier molecular flexibility index (Phi) is 5.41. The molecule has 168 valence electrons. The van der Waals surface area contributed by atoms with Crippen LogP contribution in [0.5, 0.6) is 5.75 Å². The molecule has 0 spiro atoms. The molecule has 0 radical (unpaired) electrons. The minimum atomic E-state index is -4.84. The number of H-pyrrole nitrogens is 1. The second kappa shape index (κ2) is 8.06. The Morgan fingerprint density at radius 2 is 1.94 bits per heavy atom. The van der Waals surface area contributed by atoms with Crippen molar-refractivity contribution < 1.29 is 32.6 Å². The van der Waals surface area contributed by atoms with Gasteiger partial charge in [-0.25, -0.2) is 9.78 Å². The maximum atomic E-state index is 12.8. The molecule has 0 atom stereocenters. The first kappa shape index (κ1) is 21.5. The predicted molar refractivity (Wildman–Crippen MR) is 108 cm³/mol. The van der Waals surface area contributed by atoms with Crippen LogP contribution in [0.25, 0.3) is 11.0 Å². The fourth-order valence-electron chi connectivity index (χ4n) is 3.98. The van der Waals surface area contributed by atoms with Gasteiger partial charge in [0.2, 0.25) is 0 Å². The van der Waals surface area contributed by atoms with Crippen molar-refractivity contribution >= 4 is 28.6 Å². The number of hydrogen-bond acceptors (Lipinski definition) is 5. The summed E-state index contributed by atoms with van der Waals surface area (Å²) in [5, 5.41) is 9.95. The van der Waals surface area contributed by atoms with Crippen LogP contribution in [-0.4, -0.2) is 51.3 Å². The number of rotatable bonds is 4. The number of nitrogens with one attached hydrogen (secondary N) is 1. The summed E-state index contributed by atoms with van der Waals surface area (Å²) in [6.45, 7) is 0.838. The number of aromatic carboxylic acids is 1. The largest absolute Gasteiger partial charge is 0.573 e. The molecule has 8 nitrogen and oxygen atoms in total. The van der Waals surface area contributed by atoms with Crippen molar-refractivity contribution in [2.45, 2.75) is 25.1 Å². The minimum absolute atomic E-state index is 0.0947. The number of aromatic amines is 1. The molecule has 1 fully saturated rings. The Labute approximate surface area is 179 Å². The van der Waals surface area contributed by atoms with Gasteiger partial charge in [-0.15, -0.1) is 13.2 Å². The van der Waals surface area contributed by atoms with Gasteiger partial charge in [0.25, 0.3) is 5.91 Å². The van der Waals surface area contributed by atoms with Crippen molar-refractivity contribution in [3.8, 4) is 5.75 Å². The van der Waals surface area contributed by atoms with Gasteiger partial charge < -0.3 is 25.5 Å². The zero-order chi connectivity index (χ0) is 23.0. The molecule has 32 heavy (non-hydrogen) atoms. The van der Waals surface area contributed by atoms with E-state index in [1.165, 1.54) is 12.3 Å². The number of nitrogens with two attached hydrogens (primary N) is 1. The van der Waals surface area contributed by atoms with Gasteiger partial charge in [0.15, 0.2) is 0 Å². The predicted octanol–water partition coefficient (Wildman–Crippen LogP) is 3.76. The summed E-state index contributed by atoms with van der Waals surface area (Å²) < 4.78 is 40.9. The fourth-order valence-corrected chi connectivity index (χ4v) is 3.98. The fraction of sp³-hybridized carbons (Fsp3) is 0.286. The first-order chi connectivity index (χ1) is 15.1. The molecule has 11 heteroatoms. The zero-order valence-corrected chi connectivity index (χ0v) is 16.6. The number of nitrogen functional groups attached to an aromatic ring is 1. The van der Waals surface area contributed by atoms with E-state index in [2.05, 4.69) is 14.7 Å². The van der Waals surface area contributed by atoms with Crippen LogP contribution in [0.2, 0.25) is 0 Å². The molecule has 0 unspecified atom stereocenters. The number of nitrogens with zero attached hydrogens (tertiary/aromatic N) is 2. The number of ether oxygens (including phenoxy) is 1. The van der Waals surface area contributed by atoms with E-state index in [0.29, 0.717) is 31.6 Å². The number of pyridine rings is 1. The summed E-state index contributed by atoms with van der Waals surface area (Å²) in [4.78, 5) is 32.9. The highest BCUT2D eigenvalue weighted by Gasteiger charge is 2.32. The quantitative estimate of drug-likeness (QED) is 0.523. The van der Waals surface area contributed by atoms with E-state index in [9.17, 15) is 27.9 Å². The Hall–Kier alpha value is -3.76. The van der Waals surface area contributed by atoms with E-state index in [1.807, 2.05) is 6.20 Å². The smallest absolute Gasteiger partial charge is 0.478 e. The molecule has 0 bridgehead atoms.